The Hall–Kier alpha value is -2.32. The predicted octanol–water partition coefficient (Wildman–Crippen LogP) is 4.36. The number of fused-ring (bicyclic) bond motifs is 2. The average Bonchev–Trinajstić information content (AvgIpc) is 2.83. The molecular formula is C21H22N2. The summed E-state index contributed by atoms with van der Waals surface area (Å²) in [4.78, 5) is 0. The standard InChI is InChI=1S/C21H22N2/c22-23(21-15-7-11-17-9-2-5-13-19(17)21)20-14-6-3-10-16-8-1-4-12-18(16)20/h1-6,8-10,12-14,16,21H,7,11,15,22H2. The van der Waals surface area contributed by atoms with Gasteiger partial charge in [-0.2, -0.15) is 0 Å². The van der Waals surface area contributed by atoms with E-state index in [9.17, 15) is 0 Å². The van der Waals surface area contributed by atoms with Gasteiger partial charge >= 0.3 is 0 Å². The molecule has 3 aliphatic carbocycles. The van der Waals surface area contributed by atoms with Crippen molar-refractivity contribution < 1.29 is 0 Å². The second-order valence-corrected chi connectivity index (χ2v) is 6.37. The summed E-state index contributed by atoms with van der Waals surface area (Å²) in [5.74, 6) is 6.97. The van der Waals surface area contributed by atoms with Gasteiger partial charge in [0.15, 0.2) is 0 Å². The molecule has 1 aromatic carbocycles. The zero-order chi connectivity index (χ0) is 15.6. The van der Waals surface area contributed by atoms with Gasteiger partial charge in [0, 0.05) is 5.92 Å². The normalized spacial score (nSPS) is 25.1. The van der Waals surface area contributed by atoms with Crippen molar-refractivity contribution in [2.45, 2.75) is 25.3 Å². The van der Waals surface area contributed by atoms with E-state index in [2.05, 4.69) is 72.9 Å². The molecule has 3 aliphatic rings. The lowest BCUT2D eigenvalue weighted by Crippen LogP contribution is -2.37. The van der Waals surface area contributed by atoms with E-state index in [0.29, 0.717) is 5.92 Å². The van der Waals surface area contributed by atoms with Gasteiger partial charge in [-0.3, -0.25) is 0 Å². The van der Waals surface area contributed by atoms with Crippen LogP contribution in [-0.2, 0) is 6.42 Å². The zero-order valence-electron chi connectivity index (χ0n) is 13.2. The summed E-state index contributed by atoms with van der Waals surface area (Å²) < 4.78 is 0. The minimum Gasteiger partial charge on any atom is -0.303 e. The second kappa shape index (κ2) is 6.05. The van der Waals surface area contributed by atoms with Crippen molar-refractivity contribution in [1.82, 2.24) is 5.01 Å². The van der Waals surface area contributed by atoms with Gasteiger partial charge in [0.2, 0.25) is 0 Å². The van der Waals surface area contributed by atoms with Crippen LogP contribution in [0.1, 0.15) is 30.0 Å². The number of nitrogens with two attached hydrogens (primary N) is 1. The summed E-state index contributed by atoms with van der Waals surface area (Å²) in [6.07, 6.45) is 20.7. The molecule has 0 aromatic heterocycles. The van der Waals surface area contributed by atoms with E-state index in [1.807, 2.05) is 5.01 Å². The zero-order valence-corrected chi connectivity index (χ0v) is 13.2. The van der Waals surface area contributed by atoms with E-state index in [0.717, 1.165) is 18.5 Å². The molecule has 0 bridgehead atoms. The van der Waals surface area contributed by atoms with Crippen LogP contribution in [0.25, 0.3) is 0 Å². The molecule has 116 valence electrons. The largest absolute Gasteiger partial charge is 0.303 e. The van der Waals surface area contributed by atoms with E-state index in [4.69, 9.17) is 5.84 Å². The third-order valence-corrected chi connectivity index (χ3v) is 5.00. The number of rotatable bonds is 2. The van der Waals surface area contributed by atoms with Crippen LogP contribution in [0.15, 0.2) is 84.1 Å². The summed E-state index contributed by atoms with van der Waals surface area (Å²) in [5.41, 5.74) is 5.23. The fourth-order valence-electron chi connectivity index (χ4n) is 3.83. The molecule has 1 aromatic rings. The van der Waals surface area contributed by atoms with Crippen molar-refractivity contribution in [3.63, 3.8) is 0 Å². The van der Waals surface area contributed by atoms with E-state index < -0.39 is 0 Å². The van der Waals surface area contributed by atoms with E-state index in [1.54, 1.807) is 0 Å². The van der Waals surface area contributed by atoms with Crippen molar-refractivity contribution in [2.24, 2.45) is 11.8 Å². The minimum atomic E-state index is 0.255. The molecule has 2 unspecified atom stereocenters. The minimum absolute atomic E-state index is 0.255. The van der Waals surface area contributed by atoms with Crippen LogP contribution < -0.4 is 5.84 Å². The molecule has 2 N–H and O–H groups in total. The summed E-state index contributed by atoms with van der Waals surface area (Å²) in [6.45, 7) is 0. The Labute approximate surface area is 138 Å². The molecule has 0 fully saturated rings. The maximum atomic E-state index is 6.65. The summed E-state index contributed by atoms with van der Waals surface area (Å²) in [5, 5.41) is 1.99. The Kier molecular flexibility index (Phi) is 3.76. The Morgan fingerprint density at radius 1 is 0.957 bits per heavy atom. The van der Waals surface area contributed by atoms with Crippen molar-refractivity contribution in [3.8, 4) is 0 Å². The van der Waals surface area contributed by atoms with Gasteiger partial charge in [-0.15, -0.1) is 0 Å². The maximum Gasteiger partial charge on any atom is 0.0704 e. The SMILES string of the molecule is NN(C1=C2C=CC=CC2C=CC=C1)C1CCCc2ccccc21. The average molecular weight is 302 g/mol. The quantitative estimate of drug-likeness (QED) is 0.649. The Morgan fingerprint density at radius 3 is 2.61 bits per heavy atom. The maximum absolute atomic E-state index is 6.65. The lowest BCUT2D eigenvalue weighted by molar-refractivity contribution is 0.241. The molecule has 23 heavy (non-hydrogen) atoms. The molecule has 2 nitrogen and oxygen atoms in total. The molecule has 0 radical (unpaired) electrons. The Balaban J connectivity index is 1.75. The number of aryl methyl sites for hydroxylation is 1. The van der Waals surface area contributed by atoms with Crippen LogP contribution in [0.5, 0.6) is 0 Å². The van der Waals surface area contributed by atoms with Crippen LogP contribution in [0.2, 0.25) is 0 Å². The van der Waals surface area contributed by atoms with Crippen molar-refractivity contribution in [1.29, 1.82) is 0 Å². The lowest BCUT2D eigenvalue weighted by atomic mass is 9.86. The summed E-state index contributed by atoms with van der Waals surface area (Å²) >= 11 is 0. The molecule has 4 rings (SSSR count). The number of allylic oxidation sites excluding steroid dienone is 9. The second-order valence-electron chi connectivity index (χ2n) is 6.37. The van der Waals surface area contributed by atoms with Crippen molar-refractivity contribution in [3.05, 3.63) is 95.3 Å². The highest BCUT2D eigenvalue weighted by Gasteiger charge is 2.27. The number of benzene rings is 1. The van der Waals surface area contributed by atoms with Crippen molar-refractivity contribution in [2.75, 3.05) is 0 Å². The highest BCUT2D eigenvalue weighted by atomic mass is 15.4. The first kappa shape index (κ1) is 14.3. The molecule has 0 spiro atoms. The fraction of sp³-hybridized carbons (Fsp3) is 0.238. The molecule has 0 amide bonds. The third kappa shape index (κ3) is 2.60. The van der Waals surface area contributed by atoms with E-state index >= 15 is 0 Å². The monoisotopic (exact) mass is 302 g/mol. The van der Waals surface area contributed by atoms with Gasteiger partial charge in [0.25, 0.3) is 0 Å². The van der Waals surface area contributed by atoms with Gasteiger partial charge in [-0.25, -0.2) is 5.84 Å². The van der Waals surface area contributed by atoms with Gasteiger partial charge in [-0.05, 0) is 42.0 Å². The first-order valence-corrected chi connectivity index (χ1v) is 8.40. The summed E-state index contributed by atoms with van der Waals surface area (Å²) in [6, 6.07) is 8.98. The topological polar surface area (TPSA) is 29.3 Å². The number of nitrogens with zero attached hydrogens (tertiary/aromatic N) is 1. The number of hydrogen-bond donors (Lipinski definition) is 1. The number of hydrogen-bond acceptors (Lipinski definition) is 2. The summed E-state index contributed by atoms with van der Waals surface area (Å²) in [7, 11) is 0. The predicted molar refractivity (Wildman–Crippen MR) is 95.2 cm³/mol. The lowest BCUT2D eigenvalue weighted by Gasteiger charge is -2.36. The van der Waals surface area contributed by atoms with Crippen molar-refractivity contribution >= 4 is 0 Å². The molecular weight excluding hydrogens is 280 g/mol. The van der Waals surface area contributed by atoms with Crippen LogP contribution in [0.3, 0.4) is 0 Å². The molecule has 2 atom stereocenters. The van der Waals surface area contributed by atoms with Gasteiger partial charge in [0.05, 0.1) is 11.7 Å². The first-order valence-electron chi connectivity index (χ1n) is 8.40. The van der Waals surface area contributed by atoms with Crippen LogP contribution >= 0.6 is 0 Å². The highest BCUT2D eigenvalue weighted by Crippen LogP contribution is 2.37. The van der Waals surface area contributed by atoms with Crippen LogP contribution in [0, 0.1) is 5.92 Å². The fourth-order valence-corrected chi connectivity index (χ4v) is 3.83. The van der Waals surface area contributed by atoms with Crippen LogP contribution in [-0.4, -0.2) is 5.01 Å². The van der Waals surface area contributed by atoms with Gasteiger partial charge < -0.3 is 5.01 Å². The van der Waals surface area contributed by atoms with E-state index in [-0.39, 0.29) is 6.04 Å². The smallest absolute Gasteiger partial charge is 0.0704 e. The van der Waals surface area contributed by atoms with Gasteiger partial charge in [-0.1, -0.05) is 66.8 Å². The number of hydrazine groups is 1. The highest BCUT2D eigenvalue weighted by molar-refractivity contribution is 5.46. The molecule has 0 aliphatic heterocycles. The molecule has 0 heterocycles. The third-order valence-electron chi connectivity index (χ3n) is 5.00. The molecule has 0 saturated heterocycles. The molecule has 2 heteroatoms. The van der Waals surface area contributed by atoms with Gasteiger partial charge in [0.1, 0.15) is 0 Å². The van der Waals surface area contributed by atoms with Crippen LogP contribution in [0.4, 0.5) is 0 Å². The van der Waals surface area contributed by atoms with E-state index in [1.165, 1.54) is 23.1 Å². The first-order chi connectivity index (χ1) is 11.3. The Bertz CT molecular complexity index is 749. The Morgan fingerprint density at radius 2 is 1.74 bits per heavy atom. The molecule has 0 saturated carbocycles.